The Hall–Kier alpha value is -0.230. The van der Waals surface area contributed by atoms with Crippen molar-refractivity contribution >= 4 is 33.2 Å². The summed E-state index contributed by atoms with van der Waals surface area (Å²) < 4.78 is 24.2. The van der Waals surface area contributed by atoms with Crippen LogP contribution in [-0.2, 0) is 9.84 Å². The molecule has 108 valence electrons. The molecule has 0 spiro atoms. The Morgan fingerprint density at radius 2 is 1.84 bits per heavy atom. The zero-order valence-corrected chi connectivity index (χ0v) is 13.6. The van der Waals surface area contributed by atoms with E-state index in [1.165, 1.54) is 0 Å². The number of benzene rings is 1. The molecular formula is C13H20ClNO2S2. The van der Waals surface area contributed by atoms with E-state index >= 15 is 0 Å². The van der Waals surface area contributed by atoms with Crippen LogP contribution >= 0.6 is 23.4 Å². The smallest absolute Gasteiger partial charge is 0.182 e. The fraction of sp³-hybridized carbons (Fsp3) is 0.538. The van der Waals surface area contributed by atoms with Crippen LogP contribution in [0.3, 0.4) is 0 Å². The lowest BCUT2D eigenvalue weighted by molar-refractivity contribution is 0.584. The van der Waals surface area contributed by atoms with E-state index in [0.29, 0.717) is 21.7 Å². The van der Waals surface area contributed by atoms with Gasteiger partial charge >= 0.3 is 0 Å². The van der Waals surface area contributed by atoms with Gasteiger partial charge in [-0.1, -0.05) is 25.4 Å². The van der Waals surface area contributed by atoms with Crippen molar-refractivity contribution in [1.29, 1.82) is 0 Å². The summed E-state index contributed by atoms with van der Waals surface area (Å²) in [5, 5.41) is 0.346. The lowest BCUT2D eigenvalue weighted by Crippen LogP contribution is -2.20. The highest BCUT2D eigenvalue weighted by molar-refractivity contribution is 8.01. The van der Waals surface area contributed by atoms with E-state index in [2.05, 4.69) is 0 Å². The largest absolute Gasteiger partial charge is 0.328 e. The van der Waals surface area contributed by atoms with Crippen molar-refractivity contribution in [2.45, 2.75) is 36.5 Å². The van der Waals surface area contributed by atoms with Gasteiger partial charge in [-0.25, -0.2) is 8.42 Å². The molecule has 19 heavy (non-hydrogen) atoms. The summed E-state index contributed by atoms with van der Waals surface area (Å²) in [4.78, 5) is 0.388. The van der Waals surface area contributed by atoms with Gasteiger partial charge in [0, 0.05) is 10.8 Å². The van der Waals surface area contributed by atoms with E-state index in [-0.39, 0.29) is 5.25 Å². The first-order chi connectivity index (χ1) is 8.84. The first-order valence-corrected chi connectivity index (χ1v) is 9.24. The highest BCUT2D eigenvalue weighted by Crippen LogP contribution is 2.28. The maximum Gasteiger partial charge on any atom is 0.182 e. The number of hydrogen-bond acceptors (Lipinski definition) is 4. The van der Waals surface area contributed by atoms with Crippen molar-refractivity contribution in [1.82, 2.24) is 0 Å². The summed E-state index contributed by atoms with van der Waals surface area (Å²) in [5.41, 5.74) is 5.11. The normalized spacial score (nSPS) is 19.1. The van der Waals surface area contributed by atoms with Crippen molar-refractivity contribution in [2.75, 3.05) is 11.5 Å². The highest BCUT2D eigenvalue weighted by Gasteiger charge is 2.30. The quantitative estimate of drug-likeness (QED) is 0.909. The van der Waals surface area contributed by atoms with Crippen LogP contribution in [0.25, 0.3) is 0 Å². The fourth-order valence-corrected chi connectivity index (χ4v) is 5.23. The van der Waals surface area contributed by atoms with Crippen LogP contribution < -0.4 is 5.73 Å². The number of sulfone groups is 1. The van der Waals surface area contributed by atoms with Crippen molar-refractivity contribution in [3.63, 3.8) is 0 Å². The van der Waals surface area contributed by atoms with Gasteiger partial charge in [-0.05, 0) is 42.5 Å². The number of thioether (sulfide) groups is 1. The molecule has 1 atom stereocenters. The van der Waals surface area contributed by atoms with E-state index in [4.69, 9.17) is 17.3 Å². The Balaban J connectivity index is 0.000000399. The van der Waals surface area contributed by atoms with E-state index in [1.807, 2.05) is 13.8 Å². The minimum absolute atomic E-state index is 0.219. The molecule has 2 N–H and O–H groups in total. The molecule has 1 aliphatic rings. The van der Waals surface area contributed by atoms with E-state index in [0.717, 1.165) is 12.2 Å². The molecule has 1 fully saturated rings. The Morgan fingerprint density at radius 1 is 1.32 bits per heavy atom. The van der Waals surface area contributed by atoms with Gasteiger partial charge in [-0.15, -0.1) is 0 Å². The lowest BCUT2D eigenvalue weighted by atomic mass is 10.4. The standard InChI is InChI=1S/C10H11ClO2S2.C3H9N/c11-8-1-3-9(4-2-8)15(12,13)10-5-6-14-7-10;1-3(2)4/h1-4,10H,5-7H2;3H,4H2,1-2H3/t10-;/m1./s1. The van der Waals surface area contributed by atoms with Gasteiger partial charge in [0.15, 0.2) is 9.84 Å². The monoisotopic (exact) mass is 321 g/mol. The van der Waals surface area contributed by atoms with Crippen molar-refractivity contribution in [2.24, 2.45) is 5.73 Å². The van der Waals surface area contributed by atoms with Crippen LogP contribution in [0.5, 0.6) is 0 Å². The fourth-order valence-electron chi connectivity index (χ4n) is 1.57. The van der Waals surface area contributed by atoms with Crippen LogP contribution in [0.15, 0.2) is 29.2 Å². The molecule has 6 heteroatoms. The maximum absolute atomic E-state index is 12.1. The molecule has 0 unspecified atom stereocenters. The molecule has 3 nitrogen and oxygen atoms in total. The predicted octanol–water partition coefficient (Wildman–Crippen LogP) is 2.97. The van der Waals surface area contributed by atoms with Crippen LogP contribution in [0, 0.1) is 0 Å². The van der Waals surface area contributed by atoms with Gasteiger partial charge in [0.2, 0.25) is 0 Å². The van der Waals surface area contributed by atoms with Gasteiger partial charge in [0.05, 0.1) is 10.1 Å². The molecule has 1 aromatic carbocycles. The third-order valence-electron chi connectivity index (χ3n) is 2.47. The van der Waals surface area contributed by atoms with Gasteiger partial charge < -0.3 is 5.73 Å². The lowest BCUT2D eigenvalue weighted by Gasteiger charge is -2.10. The summed E-state index contributed by atoms with van der Waals surface area (Å²) in [6.45, 7) is 3.89. The van der Waals surface area contributed by atoms with Crippen LogP contribution in [0.2, 0.25) is 5.02 Å². The molecule has 1 aliphatic heterocycles. The van der Waals surface area contributed by atoms with Gasteiger partial charge in [-0.3, -0.25) is 0 Å². The minimum Gasteiger partial charge on any atom is -0.328 e. The van der Waals surface area contributed by atoms with E-state index in [1.54, 1.807) is 36.0 Å². The Morgan fingerprint density at radius 3 is 2.26 bits per heavy atom. The number of nitrogens with two attached hydrogens (primary N) is 1. The third-order valence-corrected chi connectivity index (χ3v) is 6.30. The second kappa shape index (κ2) is 7.53. The first-order valence-electron chi connectivity index (χ1n) is 6.17. The Kier molecular flexibility index (Phi) is 6.66. The molecular weight excluding hydrogens is 302 g/mol. The molecule has 1 aromatic rings. The average Bonchev–Trinajstić information content (AvgIpc) is 2.82. The Labute approximate surface area is 124 Å². The van der Waals surface area contributed by atoms with Crippen molar-refractivity contribution in [3.05, 3.63) is 29.3 Å². The number of halogens is 1. The highest BCUT2D eigenvalue weighted by atomic mass is 35.5. The minimum atomic E-state index is -3.13. The van der Waals surface area contributed by atoms with Crippen molar-refractivity contribution < 1.29 is 8.42 Å². The molecule has 0 aromatic heterocycles. The number of hydrogen-bond donors (Lipinski definition) is 1. The maximum atomic E-state index is 12.1. The predicted molar refractivity (Wildman–Crippen MR) is 83.7 cm³/mol. The average molecular weight is 322 g/mol. The second-order valence-electron chi connectivity index (χ2n) is 4.73. The molecule has 0 radical (unpaired) electrons. The van der Waals surface area contributed by atoms with Crippen LogP contribution in [0.1, 0.15) is 20.3 Å². The third kappa shape index (κ3) is 5.34. The molecule has 1 saturated heterocycles. The molecule has 0 bridgehead atoms. The molecule has 1 heterocycles. The Bertz CT molecular complexity index is 477. The SMILES string of the molecule is CC(C)N.O=S(=O)(c1ccc(Cl)cc1)[C@@H]1CCSC1. The van der Waals surface area contributed by atoms with Gasteiger partial charge in [0.25, 0.3) is 0 Å². The second-order valence-corrected chi connectivity index (χ2v) is 8.54. The first kappa shape index (κ1) is 16.8. The van der Waals surface area contributed by atoms with E-state index in [9.17, 15) is 8.42 Å². The molecule has 0 saturated carbocycles. The van der Waals surface area contributed by atoms with Gasteiger partial charge in [-0.2, -0.15) is 11.8 Å². The van der Waals surface area contributed by atoms with Crippen LogP contribution in [0.4, 0.5) is 0 Å². The molecule has 0 aliphatic carbocycles. The zero-order valence-electron chi connectivity index (χ0n) is 11.2. The van der Waals surface area contributed by atoms with Gasteiger partial charge in [0.1, 0.15) is 0 Å². The summed E-state index contributed by atoms with van der Waals surface area (Å²) in [6.07, 6.45) is 0.760. The molecule has 2 rings (SSSR count). The summed E-state index contributed by atoms with van der Waals surface area (Å²) in [7, 11) is -3.13. The molecule has 0 amide bonds. The van der Waals surface area contributed by atoms with Crippen molar-refractivity contribution in [3.8, 4) is 0 Å². The summed E-state index contributed by atoms with van der Waals surface area (Å²) in [6, 6.07) is 6.74. The topological polar surface area (TPSA) is 60.2 Å². The number of rotatable bonds is 2. The summed E-state index contributed by atoms with van der Waals surface area (Å²) in [5.74, 6) is 1.66. The summed E-state index contributed by atoms with van der Waals surface area (Å²) >= 11 is 7.42. The zero-order chi connectivity index (χ0) is 14.5. The van der Waals surface area contributed by atoms with Crippen LogP contribution in [-0.4, -0.2) is 31.2 Å². The van der Waals surface area contributed by atoms with E-state index < -0.39 is 9.84 Å².